The number of hydrogen-bond acceptors (Lipinski definition) is 4. The zero-order chi connectivity index (χ0) is 15.7. The number of aliphatic hydroxyl groups excluding tert-OH is 1. The first-order valence-corrected chi connectivity index (χ1v) is 7.95. The highest BCUT2D eigenvalue weighted by Crippen LogP contribution is 2.34. The van der Waals surface area contributed by atoms with E-state index in [9.17, 15) is 5.11 Å². The van der Waals surface area contributed by atoms with E-state index in [1.807, 2.05) is 12.1 Å². The Bertz CT molecular complexity index is 410. The third-order valence-electron chi connectivity index (χ3n) is 3.70. The largest absolute Gasteiger partial charge is 0.496 e. The van der Waals surface area contributed by atoms with E-state index in [2.05, 4.69) is 37.1 Å². The van der Waals surface area contributed by atoms with Crippen LogP contribution in [0.5, 0.6) is 5.75 Å². The molecule has 0 aliphatic carbocycles. The first-order valence-electron chi connectivity index (χ1n) is 7.95. The molecule has 2 N–H and O–H groups in total. The van der Waals surface area contributed by atoms with Gasteiger partial charge < -0.3 is 20.1 Å². The molecule has 0 bridgehead atoms. The Morgan fingerprint density at radius 2 is 2.05 bits per heavy atom. The van der Waals surface area contributed by atoms with Crippen LogP contribution in [0.2, 0.25) is 0 Å². The van der Waals surface area contributed by atoms with Crippen LogP contribution in [0.1, 0.15) is 45.2 Å². The van der Waals surface area contributed by atoms with Crippen LogP contribution in [0.3, 0.4) is 0 Å². The van der Waals surface area contributed by atoms with E-state index >= 15 is 0 Å². The molecule has 0 saturated carbocycles. The van der Waals surface area contributed by atoms with Gasteiger partial charge in [-0.15, -0.1) is 0 Å². The summed E-state index contributed by atoms with van der Waals surface area (Å²) in [4.78, 5) is 2.26. The Labute approximate surface area is 129 Å². The molecule has 0 saturated heterocycles. The zero-order valence-corrected chi connectivity index (χ0v) is 13.9. The third-order valence-corrected chi connectivity index (χ3v) is 3.70. The summed E-state index contributed by atoms with van der Waals surface area (Å²) in [6.45, 7) is 9.12. The lowest BCUT2D eigenvalue weighted by Crippen LogP contribution is -2.30. The number of methoxy groups -OCH3 is 1. The number of nitrogens with zero attached hydrogens (tertiary/aromatic N) is 1. The van der Waals surface area contributed by atoms with Crippen molar-refractivity contribution < 1.29 is 9.84 Å². The minimum atomic E-state index is 0.163. The van der Waals surface area contributed by atoms with Gasteiger partial charge in [-0.1, -0.05) is 26.3 Å². The van der Waals surface area contributed by atoms with Gasteiger partial charge in [-0.25, -0.2) is 0 Å². The highest BCUT2D eigenvalue weighted by Gasteiger charge is 2.19. The van der Waals surface area contributed by atoms with Gasteiger partial charge in [-0.2, -0.15) is 0 Å². The van der Waals surface area contributed by atoms with Gasteiger partial charge in [0.2, 0.25) is 0 Å². The lowest BCUT2D eigenvalue weighted by Gasteiger charge is -2.29. The number of benzene rings is 1. The number of unbranched alkanes of at least 4 members (excludes halogenated alkanes) is 1. The van der Waals surface area contributed by atoms with Gasteiger partial charge in [-0.05, 0) is 32.0 Å². The van der Waals surface area contributed by atoms with Gasteiger partial charge in [-0.3, -0.25) is 0 Å². The summed E-state index contributed by atoms with van der Waals surface area (Å²) in [7, 11) is 1.71. The van der Waals surface area contributed by atoms with Gasteiger partial charge >= 0.3 is 0 Å². The smallest absolute Gasteiger partial charge is 0.125 e. The summed E-state index contributed by atoms with van der Waals surface area (Å²) >= 11 is 0. The monoisotopic (exact) mass is 294 g/mol. The van der Waals surface area contributed by atoms with Crippen LogP contribution in [0.15, 0.2) is 18.2 Å². The Hall–Kier alpha value is -1.26. The van der Waals surface area contributed by atoms with E-state index in [1.54, 1.807) is 7.11 Å². The molecular weight excluding hydrogens is 264 g/mol. The summed E-state index contributed by atoms with van der Waals surface area (Å²) in [5.41, 5.74) is 2.33. The fraction of sp³-hybridized carbons (Fsp3) is 0.647. The molecule has 0 fully saturated rings. The number of hydrogen-bond donors (Lipinski definition) is 2. The standard InChI is InChI=1S/C17H30N2O2/c1-5-7-11-19(12-13-20)15-9-8-10-16(21-4)17(15)14(3)18-6-2/h8-10,14,18,20H,5-7,11-13H2,1-4H3. The van der Waals surface area contributed by atoms with E-state index in [0.29, 0.717) is 6.54 Å². The fourth-order valence-electron chi connectivity index (χ4n) is 2.65. The SMILES string of the molecule is CCCCN(CCO)c1cccc(OC)c1C(C)NCC. The molecule has 0 spiro atoms. The molecule has 1 aromatic rings. The lowest BCUT2D eigenvalue weighted by atomic mass is 10.0. The van der Waals surface area contributed by atoms with Crippen molar-refractivity contribution in [2.45, 2.75) is 39.7 Å². The highest BCUT2D eigenvalue weighted by molar-refractivity contribution is 5.61. The van der Waals surface area contributed by atoms with Crippen molar-refractivity contribution in [3.8, 4) is 5.75 Å². The van der Waals surface area contributed by atoms with Gasteiger partial charge in [0.15, 0.2) is 0 Å². The second-order valence-corrected chi connectivity index (χ2v) is 5.24. The summed E-state index contributed by atoms with van der Waals surface area (Å²) in [6.07, 6.45) is 2.26. The minimum Gasteiger partial charge on any atom is -0.496 e. The second kappa shape index (κ2) is 9.64. The summed E-state index contributed by atoms with van der Waals surface area (Å²) < 4.78 is 5.56. The Morgan fingerprint density at radius 1 is 1.29 bits per heavy atom. The molecule has 0 heterocycles. The van der Waals surface area contributed by atoms with Crippen LogP contribution in [-0.4, -0.2) is 38.5 Å². The summed E-state index contributed by atoms with van der Waals surface area (Å²) in [6, 6.07) is 6.36. The van der Waals surface area contributed by atoms with Crippen molar-refractivity contribution in [1.29, 1.82) is 0 Å². The molecular formula is C17H30N2O2. The first kappa shape index (κ1) is 17.8. The average molecular weight is 294 g/mol. The van der Waals surface area contributed by atoms with Gasteiger partial charge in [0.05, 0.1) is 13.7 Å². The Kier molecular flexibility index (Phi) is 8.16. The maximum Gasteiger partial charge on any atom is 0.125 e. The van der Waals surface area contributed by atoms with E-state index in [-0.39, 0.29) is 12.6 Å². The van der Waals surface area contributed by atoms with Crippen LogP contribution in [0, 0.1) is 0 Å². The van der Waals surface area contributed by atoms with Crippen LogP contribution >= 0.6 is 0 Å². The third kappa shape index (κ3) is 4.90. The predicted molar refractivity (Wildman–Crippen MR) is 89.3 cm³/mol. The van der Waals surface area contributed by atoms with Gasteiger partial charge in [0, 0.05) is 30.4 Å². The van der Waals surface area contributed by atoms with E-state index in [0.717, 1.165) is 37.4 Å². The lowest BCUT2D eigenvalue weighted by molar-refractivity contribution is 0.301. The molecule has 0 radical (unpaired) electrons. The van der Waals surface area contributed by atoms with Crippen molar-refractivity contribution in [3.63, 3.8) is 0 Å². The number of anilines is 1. The molecule has 0 amide bonds. The maximum atomic E-state index is 9.37. The number of aliphatic hydroxyl groups is 1. The molecule has 1 atom stereocenters. The van der Waals surface area contributed by atoms with Crippen LogP contribution < -0.4 is 15.0 Å². The van der Waals surface area contributed by atoms with Gasteiger partial charge in [0.25, 0.3) is 0 Å². The second-order valence-electron chi connectivity index (χ2n) is 5.24. The molecule has 1 unspecified atom stereocenters. The van der Waals surface area contributed by atoms with Crippen molar-refractivity contribution in [3.05, 3.63) is 23.8 Å². The van der Waals surface area contributed by atoms with E-state index in [4.69, 9.17) is 4.74 Å². The van der Waals surface area contributed by atoms with Crippen molar-refractivity contribution in [1.82, 2.24) is 5.32 Å². The summed E-state index contributed by atoms with van der Waals surface area (Å²) in [5, 5.41) is 12.8. The minimum absolute atomic E-state index is 0.163. The van der Waals surface area contributed by atoms with Crippen LogP contribution in [0.4, 0.5) is 5.69 Å². The van der Waals surface area contributed by atoms with E-state index in [1.165, 1.54) is 5.56 Å². The average Bonchev–Trinajstić information content (AvgIpc) is 2.50. The van der Waals surface area contributed by atoms with Crippen LogP contribution in [0.25, 0.3) is 0 Å². The molecule has 1 aromatic carbocycles. The fourth-order valence-corrected chi connectivity index (χ4v) is 2.65. The normalized spacial score (nSPS) is 12.2. The molecule has 0 aliphatic rings. The Balaban J connectivity index is 3.17. The Morgan fingerprint density at radius 3 is 2.62 bits per heavy atom. The van der Waals surface area contributed by atoms with Crippen molar-refractivity contribution in [2.24, 2.45) is 0 Å². The molecule has 120 valence electrons. The number of nitrogens with one attached hydrogen (secondary N) is 1. The first-order chi connectivity index (χ1) is 10.2. The van der Waals surface area contributed by atoms with E-state index < -0.39 is 0 Å². The van der Waals surface area contributed by atoms with Crippen LogP contribution in [-0.2, 0) is 0 Å². The number of rotatable bonds is 10. The quantitative estimate of drug-likeness (QED) is 0.696. The van der Waals surface area contributed by atoms with Crippen molar-refractivity contribution >= 4 is 5.69 Å². The van der Waals surface area contributed by atoms with Crippen molar-refractivity contribution in [2.75, 3.05) is 38.3 Å². The summed E-state index contributed by atoms with van der Waals surface area (Å²) in [5.74, 6) is 0.903. The van der Waals surface area contributed by atoms with Gasteiger partial charge in [0.1, 0.15) is 5.75 Å². The molecule has 1 rings (SSSR count). The molecule has 0 aliphatic heterocycles. The molecule has 21 heavy (non-hydrogen) atoms. The topological polar surface area (TPSA) is 44.7 Å². The molecule has 0 aromatic heterocycles. The maximum absolute atomic E-state index is 9.37. The molecule has 4 heteroatoms. The highest BCUT2D eigenvalue weighted by atomic mass is 16.5. The zero-order valence-electron chi connectivity index (χ0n) is 13.9. The predicted octanol–water partition coefficient (Wildman–Crippen LogP) is 2.96. The number of ether oxygens (including phenoxy) is 1. The molecule has 4 nitrogen and oxygen atoms in total.